The van der Waals surface area contributed by atoms with Gasteiger partial charge in [-0.05, 0) is 53.6 Å². The first kappa shape index (κ1) is 20.0. The molecular formula is C24H14Cl2NO3-. The van der Waals surface area contributed by atoms with Gasteiger partial charge in [0.15, 0.2) is 0 Å². The number of anilines is 1. The van der Waals surface area contributed by atoms with Gasteiger partial charge in [0, 0.05) is 16.2 Å². The third-order valence-corrected chi connectivity index (χ3v) is 5.24. The molecule has 4 nitrogen and oxygen atoms in total. The second-order valence-corrected chi connectivity index (χ2v) is 7.48. The first-order valence-electron chi connectivity index (χ1n) is 9.04. The summed E-state index contributed by atoms with van der Waals surface area (Å²) in [5, 5.41) is 11.8. The third-order valence-electron chi connectivity index (χ3n) is 4.68. The highest BCUT2D eigenvalue weighted by Crippen LogP contribution is 2.36. The van der Waals surface area contributed by atoms with E-state index in [1.165, 1.54) is 23.1 Å². The molecule has 3 aromatic rings. The summed E-state index contributed by atoms with van der Waals surface area (Å²) in [5.74, 6) is -1.62. The smallest absolute Gasteiger partial charge is 0.262 e. The summed E-state index contributed by atoms with van der Waals surface area (Å²) in [7, 11) is 0. The Morgan fingerprint density at radius 3 is 2.27 bits per heavy atom. The molecule has 1 aliphatic heterocycles. The maximum atomic E-state index is 13.3. The topological polar surface area (TPSA) is 60.4 Å². The fourth-order valence-corrected chi connectivity index (χ4v) is 3.62. The quantitative estimate of drug-likeness (QED) is 0.552. The van der Waals surface area contributed by atoms with E-state index in [1.807, 2.05) is 42.5 Å². The van der Waals surface area contributed by atoms with Crippen molar-refractivity contribution in [3.8, 4) is 0 Å². The molecule has 1 amide bonds. The Kier molecular flexibility index (Phi) is 5.44. The molecule has 0 aromatic heterocycles. The Labute approximate surface area is 183 Å². The molecule has 0 atom stereocenters. The Morgan fingerprint density at radius 1 is 0.933 bits per heavy atom. The SMILES string of the molecule is O=C([O-])c1ccc(N2C(=O)/C(=C/c3ccc(Cl)cc3)C=C2c2ccccc2)cc1Cl. The molecule has 4 rings (SSSR count). The highest BCUT2D eigenvalue weighted by molar-refractivity contribution is 6.34. The lowest BCUT2D eigenvalue weighted by Gasteiger charge is -2.22. The molecule has 0 saturated carbocycles. The van der Waals surface area contributed by atoms with Crippen LogP contribution in [0.1, 0.15) is 21.5 Å². The minimum Gasteiger partial charge on any atom is -0.545 e. The summed E-state index contributed by atoms with van der Waals surface area (Å²) in [6.45, 7) is 0. The van der Waals surface area contributed by atoms with Crippen LogP contribution in [0.3, 0.4) is 0 Å². The van der Waals surface area contributed by atoms with Crippen LogP contribution in [0.25, 0.3) is 11.8 Å². The largest absolute Gasteiger partial charge is 0.545 e. The summed E-state index contributed by atoms with van der Waals surface area (Å²) < 4.78 is 0. The molecular weight excluding hydrogens is 421 g/mol. The van der Waals surface area contributed by atoms with Crippen LogP contribution in [0.5, 0.6) is 0 Å². The zero-order valence-electron chi connectivity index (χ0n) is 15.5. The zero-order valence-corrected chi connectivity index (χ0v) is 17.0. The Balaban J connectivity index is 1.81. The van der Waals surface area contributed by atoms with Gasteiger partial charge in [0.25, 0.3) is 5.91 Å². The van der Waals surface area contributed by atoms with Crippen molar-refractivity contribution in [2.45, 2.75) is 0 Å². The summed E-state index contributed by atoms with van der Waals surface area (Å²) >= 11 is 12.1. The number of carbonyl (C=O) groups is 2. The van der Waals surface area contributed by atoms with Gasteiger partial charge in [0.1, 0.15) is 0 Å². The van der Waals surface area contributed by atoms with Crippen molar-refractivity contribution in [1.82, 2.24) is 0 Å². The molecule has 30 heavy (non-hydrogen) atoms. The van der Waals surface area contributed by atoms with Crippen LogP contribution in [0.15, 0.2) is 84.4 Å². The van der Waals surface area contributed by atoms with Crippen LogP contribution in [-0.2, 0) is 4.79 Å². The van der Waals surface area contributed by atoms with E-state index in [0.717, 1.165) is 11.1 Å². The number of halogens is 2. The van der Waals surface area contributed by atoms with Crippen molar-refractivity contribution in [1.29, 1.82) is 0 Å². The molecule has 0 aliphatic carbocycles. The lowest BCUT2D eigenvalue weighted by molar-refractivity contribution is -0.255. The van der Waals surface area contributed by atoms with Gasteiger partial charge >= 0.3 is 0 Å². The molecule has 0 unspecified atom stereocenters. The maximum absolute atomic E-state index is 13.3. The fraction of sp³-hybridized carbons (Fsp3) is 0. The van der Waals surface area contributed by atoms with E-state index >= 15 is 0 Å². The van der Waals surface area contributed by atoms with Crippen LogP contribution in [0.2, 0.25) is 10.0 Å². The van der Waals surface area contributed by atoms with Crippen molar-refractivity contribution in [3.63, 3.8) is 0 Å². The Morgan fingerprint density at radius 2 is 1.63 bits per heavy atom. The van der Waals surface area contributed by atoms with Gasteiger partial charge in [-0.1, -0.05) is 65.7 Å². The first-order valence-corrected chi connectivity index (χ1v) is 9.79. The minimum atomic E-state index is -1.37. The summed E-state index contributed by atoms with van der Waals surface area (Å²) in [6.07, 6.45) is 3.57. The molecule has 6 heteroatoms. The number of hydrogen-bond acceptors (Lipinski definition) is 3. The molecule has 0 bridgehead atoms. The van der Waals surface area contributed by atoms with Gasteiger partial charge in [0.2, 0.25) is 0 Å². The normalized spacial score (nSPS) is 14.9. The first-order chi connectivity index (χ1) is 14.4. The fourth-order valence-electron chi connectivity index (χ4n) is 3.24. The zero-order chi connectivity index (χ0) is 21.3. The summed E-state index contributed by atoms with van der Waals surface area (Å²) in [5.41, 5.74) is 3.15. The molecule has 0 spiro atoms. The Bertz CT molecular complexity index is 1200. The predicted molar refractivity (Wildman–Crippen MR) is 117 cm³/mol. The van der Waals surface area contributed by atoms with Gasteiger partial charge in [-0.3, -0.25) is 9.69 Å². The molecule has 0 saturated heterocycles. The molecule has 0 radical (unpaired) electrons. The van der Waals surface area contributed by atoms with Gasteiger partial charge in [-0.15, -0.1) is 0 Å². The number of amides is 1. The highest BCUT2D eigenvalue weighted by atomic mass is 35.5. The van der Waals surface area contributed by atoms with Gasteiger partial charge in [-0.2, -0.15) is 0 Å². The molecule has 3 aromatic carbocycles. The second-order valence-electron chi connectivity index (χ2n) is 6.64. The van der Waals surface area contributed by atoms with Crippen LogP contribution < -0.4 is 10.0 Å². The Hall–Kier alpha value is -3.34. The van der Waals surface area contributed by atoms with Crippen LogP contribution in [0.4, 0.5) is 5.69 Å². The average Bonchev–Trinajstić information content (AvgIpc) is 3.06. The second kappa shape index (κ2) is 8.19. The van der Waals surface area contributed by atoms with E-state index in [1.54, 1.807) is 24.3 Å². The van der Waals surface area contributed by atoms with E-state index in [2.05, 4.69) is 0 Å². The molecule has 1 heterocycles. The number of carbonyl (C=O) groups excluding carboxylic acids is 2. The number of rotatable bonds is 4. The third kappa shape index (κ3) is 3.88. The van der Waals surface area contributed by atoms with E-state index in [9.17, 15) is 14.7 Å². The van der Waals surface area contributed by atoms with Crippen LogP contribution >= 0.6 is 23.2 Å². The molecule has 148 valence electrons. The summed E-state index contributed by atoms with van der Waals surface area (Å²) in [4.78, 5) is 26.0. The van der Waals surface area contributed by atoms with Crippen LogP contribution in [-0.4, -0.2) is 11.9 Å². The molecule has 0 fully saturated rings. The van der Waals surface area contributed by atoms with E-state index < -0.39 is 5.97 Å². The van der Waals surface area contributed by atoms with Crippen molar-refractivity contribution < 1.29 is 14.7 Å². The number of hydrogen-bond donors (Lipinski definition) is 0. The lowest BCUT2D eigenvalue weighted by atomic mass is 10.1. The lowest BCUT2D eigenvalue weighted by Crippen LogP contribution is -2.26. The highest BCUT2D eigenvalue weighted by Gasteiger charge is 2.30. The molecule has 1 aliphatic rings. The number of carboxylic acids is 1. The predicted octanol–water partition coefficient (Wildman–Crippen LogP) is 4.83. The standard InChI is InChI=1S/C24H15Cl2NO3/c25-18-8-6-15(7-9-18)12-17-13-22(16-4-2-1-3-5-16)27(23(17)28)19-10-11-20(24(29)30)21(26)14-19/h1-14H,(H,29,30)/p-1/b17-12+. The van der Waals surface area contributed by atoms with E-state index in [-0.39, 0.29) is 16.5 Å². The maximum Gasteiger partial charge on any atom is 0.262 e. The van der Waals surface area contributed by atoms with Gasteiger partial charge < -0.3 is 9.90 Å². The van der Waals surface area contributed by atoms with Crippen LogP contribution in [0, 0.1) is 0 Å². The van der Waals surface area contributed by atoms with Crippen molar-refractivity contribution in [2.75, 3.05) is 4.90 Å². The molecule has 0 N–H and O–H groups in total. The monoisotopic (exact) mass is 434 g/mol. The van der Waals surface area contributed by atoms with Crippen molar-refractivity contribution in [3.05, 3.63) is 111 Å². The van der Waals surface area contributed by atoms with Crippen molar-refractivity contribution >= 4 is 52.5 Å². The minimum absolute atomic E-state index is 0.00263. The number of nitrogens with zero attached hydrogens (tertiary/aromatic N) is 1. The summed E-state index contributed by atoms with van der Waals surface area (Å²) in [6, 6.07) is 20.9. The van der Waals surface area contributed by atoms with Gasteiger partial charge in [-0.25, -0.2) is 0 Å². The number of carboxylic acid groups (broad SMARTS) is 1. The van der Waals surface area contributed by atoms with Crippen molar-refractivity contribution in [2.24, 2.45) is 0 Å². The number of aromatic carboxylic acids is 1. The average molecular weight is 435 g/mol. The van der Waals surface area contributed by atoms with E-state index in [0.29, 0.717) is 22.0 Å². The van der Waals surface area contributed by atoms with E-state index in [4.69, 9.17) is 23.2 Å². The van der Waals surface area contributed by atoms with Gasteiger partial charge in [0.05, 0.1) is 22.4 Å². The number of benzene rings is 3.